The van der Waals surface area contributed by atoms with E-state index in [2.05, 4.69) is 10.1 Å². The van der Waals surface area contributed by atoms with Crippen LogP contribution in [-0.2, 0) is 22.3 Å². The number of aryl methyl sites for hydroxylation is 1. The van der Waals surface area contributed by atoms with Crippen LogP contribution in [0, 0.1) is 6.92 Å². The number of thiazole rings is 1. The van der Waals surface area contributed by atoms with Crippen molar-refractivity contribution in [3.8, 4) is 0 Å². The highest BCUT2D eigenvalue weighted by Crippen LogP contribution is 2.29. The minimum absolute atomic E-state index is 0.0309. The molecule has 0 bridgehead atoms. The van der Waals surface area contributed by atoms with Crippen LogP contribution in [0.5, 0.6) is 0 Å². The molecule has 2 aromatic rings. The van der Waals surface area contributed by atoms with Crippen LogP contribution in [0.1, 0.15) is 54.0 Å². The van der Waals surface area contributed by atoms with Crippen molar-refractivity contribution in [1.29, 1.82) is 0 Å². The van der Waals surface area contributed by atoms with Gasteiger partial charge in [-0.25, -0.2) is 9.78 Å². The monoisotopic (exact) mass is 485 g/mol. The van der Waals surface area contributed by atoms with Crippen LogP contribution in [-0.4, -0.2) is 63.8 Å². The molecule has 1 amide bonds. The van der Waals surface area contributed by atoms with Crippen LogP contribution in [0.2, 0.25) is 0 Å². The van der Waals surface area contributed by atoms with Crippen molar-refractivity contribution in [2.75, 3.05) is 31.1 Å². The topological polar surface area (TPSA) is 80.6 Å². The number of amides is 1. The predicted octanol–water partition coefficient (Wildman–Crippen LogP) is 3.51. The van der Waals surface area contributed by atoms with Crippen molar-refractivity contribution in [2.24, 2.45) is 0 Å². The summed E-state index contributed by atoms with van der Waals surface area (Å²) in [5.41, 5.74) is -0.419. The average Bonchev–Trinajstić information content (AvgIpc) is 3.42. The first-order valence-corrected chi connectivity index (χ1v) is 11.9. The van der Waals surface area contributed by atoms with Gasteiger partial charge in [-0.05, 0) is 38.7 Å². The number of esters is 1. The smallest absolute Gasteiger partial charge is 0.435 e. The van der Waals surface area contributed by atoms with Gasteiger partial charge in [0.1, 0.15) is 12.6 Å². The fourth-order valence-corrected chi connectivity index (χ4v) is 4.93. The molecule has 0 aromatic carbocycles. The van der Waals surface area contributed by atoms with E-state index in [1.165, 1.54) is 24.7 Å². The summed E-state index contributed by atoms with van der Waals surface area (Å²) in [7, 11) is 0. The molecule has 0 radical (unpaired) electrons. The number of carbonyl (C=O) groups is 2. The third-order valence-electron chi connectivity index (χ3n) is 5.99. The summed E-state index contributed by atoms with van der Waals surface area (Å²) in [5.74, 6) is -0.684. The molecule has 0 unspecified atom stereocenters. The van der Waals surface area contributed by atoms with Gasteiger partial charge in [-0.15, -0.1) is 11.3 Å². The number of rotatable bonds is 5. The lowest BCUT2D eigenvalue weighted by molar-refractivity contribution is -0.142. The maximum Gasteiger partial charge on any atom is 0.435 e. The summed E-state index contributed by atoms with van der Waals surface area (Å²) in [6, 6.07) is 0.935. The molecule has 1 aliphatic carbocycles. The highest BCUT2D eigenvalue weighted by atomic mass is 32.1. The Bertz CT molecular complexity index is 992. The Morgan fingerprint density at radius 2 is 1.85 bits per heavy atom. The van der Waals surface area contributed by atoms with Crippen molar-refractivity contribution in [3.05, 3.63) is 28.5 Å². The van der Waals surface area contributed by atoms with Crippen molar-refractivity contribution >= 4 is 28.3 Å². The number of aromatic nitrogens is 3. The van der Waals surface area contributed by atoms with E-state index < -0.39 is 17.8 Å². The fraction of sp³-hybridized carbons (Fsp3) is 0.619. The van der Waals surface area contributed by atoms with E-state index in [9.17, 15) is 22.8 Å². The second-order valence-corrected chi connectivity index (χ2v) is 9.21. The maximum atomic E-state index is 12.8. The fourth-order valence-electron chi connectivity index (χ4n) is 4.08. The van der Waals surface area contributed by atoms with Gasteiger partial charge >= 0.3 is 12.1 Å². The molecule has 0 atom stereocenters. The zero-order chi connectivity index (χ0) is 23.6. The molecule has 1 saturated heterocycles. The Balaban J connectivity index is 1.29. The van der Waals surface area contributed by atoms with E-state index in [1.54, 1.807) is 10.3 Å². The highest BCUT2D eigenvalue weighted by molar-refractivity contribution is 7.13. The van der Waals surface area contributed by atoms with Crippen LogP contribution in [0.25, 0.3) is 0 Å². The summed E-state index contributed by atoms with van der Waals surface area (Å²) >= 11 is 1.36. The van der Waals surface area contributed by atoms with E-state index >= 15 is 0 Å². The van der Waals surface area contributed by atoms with Gasteiger partial charge in [-0.2, -0.15) is 18.3 Å². The van der Waals surface area contributed by atoms with E-state index in [0.717, 1.165) is 36.4 Å². The SMILES string of the molecule is Cc1cc(C(F)(F)F)nn1CC(=O)N1CCN(c2nc(C(=O)OC3CCCCC3)cs2)CC1. The van der Waals surface area contributed by atoms with E-state index in [4.69, 9.17) is 4.74 Å². The van der Waals surface area contributed by atoms with Gasteiger partial charge in [0.05, 0.1) is 0 Å². The number of hydrogen-bond donors (Lipinski definition) is 0. The van der Waals surface area contributed by atoms with Crippen LogP contribution in [0.3, 0.4) is 0 Å². The van der Waals surface area contributed by atoms with E-state index in [0.29, 0.717) is 37.0 Å². The summed E-state index contributed by atoms with van der Waals surface area (Å²) in [6.07, 6.45) is 0.554. The van der Waals surface area contributed by atoms with Gasteiger partial charge in [0.2, 0.25) is 5.91 Å². The standard InChI is InChI=1S/C21H26F3N5O3S/c1-14-11-17(21(22,23)24)26-29(14)12-18(30)27-7-9-28(10-8-27)20-25-16(13-33-20)19(31)32-15-5-3-2-4-6-15/h11,13,15H,2-10,12H2,1H3. The van der Waals surface area contributed by atoms with Crippen LogP contribution in [0.15, 0.2) is 11.4 Å². The van der Waals surface area contributed by atoms with E-state index in [1.807, 2.05) is 4.90 Å². The molecule has 180 valence electrons. The minimum atomic E-state index is -4.54. The minimum Gasteiger partial charge on any atom is -0.458 e. The molecule has 4 rings (SSSR count). The Morgan fingerprint density at radius 3 is 2.48 bits per heavy atom. The van der Waals surface area contributed by atoms with Gasteiger partial charge in [0.15, 0.2) is 16.5 Å². The molecule has 8 nitrogen and oxygen atoms in total. The number of alkyl halides is 3. The van der Waals surface area contributed by atoms with Gasteiger partial charge < -0.3 is 14.5 Å². The van der Waals surface area contributed by atoms with Crippen molar-refractivity contribution in [3.63, 3.8) is 0 Å². The lowest BCUT2D eigenvalue weighted by Gasteiger charge is -2.34. The van der Waals surface area contributed by atoms with Gasteiger partial charge in [-0.1, -0.05) is 6.42 Å². The molecule has 1 aliphatic heterocycles. The molecule has 2 aromatic heterocycles. The van der Waals surface area contributed by atoms with Crippen LogP contribution < -0.4 is 4.90 Å². The molecule has 2 aliphatic rings. The molecule has 0 N–H and O–H groups in total. The second kappa shape index (κ2) is 9.70. The Kier molecular flexibility index (Phi) is 6.91. The Labute approximate surface area is 193 Å². The van der Waals surface area contributed by atoms with Crippen LogP contribution in [0.4, 0.5) is 18.3 Å². The molecular weight excluding hydrogens is 459 g/mol. The Morgan fingerprint density at radius 1 is 1.15 bits per heavy atom. The number of ether oxygens (including phenoxy) is 1. The summed E-state index contributed by atoms with van der Waals surface area (Å²) < 4.78 is 45.2. The zero-order valence-electron chi connectivity index (χ0n) is 18.3. The number of piperazine rings is 1. The molecule has 1 saturated carbocycles. The zero-order valence-corrected chi connectivity index (χ0v) is 19.1. The average molecular weight is 486 g/mol. The number of halogens is 3. The van der Waals surface area contributed by atoms with Crippen molar-refractivity contribution < 1.29 is 27.5 Å². The largest absolute Gasteiger partial charge is 0.458 e. The number of hydrogen-bond acceptors (Lipinski definition) is 7. The summed E-state index contributed by atoms with van der Waals surface area (Å²) in [4.78, 5) is 33.0. The second-order valence-electron chi connectivity index (χ2n) is 8.37. The summed E-state index contributed by atoms with van der Waals surface area (Å²) in [6.45, 7) is 3.10. The van der Waals surface area contributed by atoms with Crippen molar-refractivity contribution in [2.45, 2.75) is 57.9 Å². The molecule has 0 spiro atoms. The molecular formula is C21H26F3N5O3S. The normalized spacial score (nSPS) is 17.9. The Hall–Kier alpha value is -2.63. The van der Waals surface area contributed by atoms with Gasteiger partial charge in [0.25, 0.3) is 0 Å². The lowest BCUT2D eigenvalue weighted by Crippen LogP contribution is -2.49. The van der Waals surface area contributed by atoms with Gasteiger partial charge in [0, 0.05) is 37.3 Å². The first-order valence-electron chi connectivity index (χ1n) is 11.0. The number of anilines is 1. The highest BCUT2D eigenvalue weighted by Gasteiger charge is 2.35. The first kappa shape index (κ1) is 23.5. The van der Waals surface area contributed by atoms with Crippen LogP contribution >= 0.6 is 11.3 Å². The molecule has 12 heteroatoms. The third kappa shape index (κ3) is 5.66. The predicted molar refractivity (Wildman–Crippen MR) is 115 cm³/mol. The maximum absolute atomic E-state index is 12.8. The third-order valence-corrected chi connectivity index (χ3v) is 6.89. The summed E-state index contributed by atoms with van der Waals surface area (Å²) in [5, 5.41) is 5.90. The molecule has 3 heterocycles. The molecule has 2 fully saturated rings. The quantitative estimate of drug-likeness (QED) is 0.603. The van der Waals surface area contributed by atoms with Gasteiger partial charge in [-0.3, -0.25) is 9.48 Å². The lowest BCUT2D eigenvalue weighted by atomic mass is 9.98. The molecule has 33 heavy (non-hydrogen) atoms. The van der Waals surface area contributed by atoms with E-state index in [-0.39, 0.29) is 24.2 Å². The van der Waals surface area contributed by atoms with Crippen molar-refractivity contribution in [1.82, 2.24) is 19.7 Å². The number of nitrogens with zero attached hydrogens (tertiary/aromatic N) is 5. The first-order chi connectivity index (χ1) is 15.7. The number of carbonyl (C=O) groups excluding carboxylic acids is 2.